The third-order valence-corrected chi connectivity index (χ3v) is 3.05. The number of halogens is 3. The van der Waals surface area contributed by atoms with Gasteiger partial charge in [-0.05, 0) is 17.7 Å². The van der Waals surface area contributed by atoms with Gasteiger partial charge in [-0.15, -0.1) is 6.58 Å². The standard InChI is InChI=1S/C13H14F3N3/c1-2-7-19-11(8-18-12(19)17)9-3-5-10(6-4-9)13(14,15)16/h2-6,11H,1,7-8H2,(H2,17,18). The third kappa shape index (κ3) is 2.72. The average Bonchev–Trinajstić information content (AvgIpc) is 2.71. The molecule has 1 atom stereocenters. The molecule has 102 valence electrons. The highest BCUT2D eigenvalue weighted by Gasteiger charge is 2.31. The van der Waals surface area contributed by atoms with Gasteiger partial charge in [-0.1, -0.05) is 18.2 Å². The van der Waals surface area contributed by atoms with Gasteiger partial charge in [-0.3, -0.25) is 4.99 Å². The molecule has 0 radical (unpaired) electrons. The van der Waals surface area contributed by atoms with E-state index in [0.717, 1.165) is 17.7 Å². The molecule has 1 heterocycles. The Morgan fingerprint density at radius 1 is 1.37 bits per heavy atom. The third-order valence-electron chi connectivity index (χ3n) is 3.05. The van der Waals surface area contributed by atoms with Crippen LogP contribution in [0.4, 0.5) is 13.2 Å². The van der Waals surface area contributed by atoms with Crippen molar-refractivity contribution in [1.82, 2.24) is 4.90 Å². The summed E-state index contributed by atoms with van der Waals surface area (Å²) < 4.78 is 37.5. The van der Waals surface area contributed by atoms with Crippen molar-refractivity contribution in [2.45, 2.75) is 12.2 Å². The number of guanidine groups is 1. The monoisotopic (exact) mass is 269 g/mol. The molecule has 1 aliphatic rings. The predicted octanol–water partition coefficient (Wildman–Crippen LogP) is 2.56. The zero-order chi connectivity index (χ0) is 14.0. The van der Waals surface area contributed by atoms with Crippen molar-refractivity contribution in [3.05, 3.63) is 48.0 Å². The molecule has 1 aromatic carbocycles. The van der Waals surface area contributed by atoms with Gasteiger partial charge in [0, 0.05) is 6.54 Å². The van der Waals surface area contributed by atoms with Crippen molar-refractivity contribution in [3.8, 4) is 0 Å². The molecule has 19 heavy (non-hydrogen) atoms. The fourth-order valence-electron chi connectivity index (χ4n) is 2.07. The lowest BCUT2D eigenvalue weighted by atomic mass is 10.0. The van der Waals surface area contributed by atoms with Gasteiger partial charge in [-0.2, -0.15) is 13.2 Å². The molecule has 0 amide bonds. The Morgan fingerprint density at radius 3 is 2.53 bits per heavy atom. The van der Waals surface area contributed by atoms with Crippen molar-refractivity contribution in [3.63, 3.8) is 0 Å². The Bertz CT molecular complexity index is 491. The number of hydrogen-bond donors (Lipinski definition) is 1. The minimum Gasteiger partial charge on any atom is -0.370 e. The molecule has 1 aliphatic heterocycles. The molecular formula is C13H14F3N3. The lowest BCUT2D eigenvalue weighted by Crippen LogP contribution is -2.36. The fourth-order valence-corrected chi connectivity index (χ4v) is 2.07. The molecule has 0 aliphatic carbocycles. The van der Waals surface area contributed by atoms with E-state index in [-0.39, 0.29) is 6.04 Å². The van der Waals surface area contributed by atoms with Crippen LogP contribution in [0.25, 0.3) is 0 Å². The van der Waals surface area contributed by atoms with Crippen LogP contribution in [-0.2, 0) is 6.18 Å². The number of nitrogens with two attached hydrogens (primary N) is 1. The number of aliphatic imine (C=N–C) groups is 1. The van der Waals surface area contributed by atoms with Crippen molar-refractivity contribution in [2.75, 3.05) is 13.1 Å². The molecular weight excluding hydrogens is 255 g/mol. The van der Waals surface area contributed by atoms with E-state index in [9.17, 15) is 13.2 Å². The van der Waals surface area contributed by atoms with Gasteiger partial charge in [0.15, 0.2) is 5.96 Å². The molecule has 2 N–H and O–H groups in total. The summed E-state index contributed by atoms with van der Waals surface area (Å²) in [6.45, 7) is 4.60. The van der Waals surface area contributed by atoms with Crippen LogP contribution in [0.15, 0.2) is 41.9 Å². The molecule has 0 saturated carbocycles. The van der Waals surface area contributed by atoms with E-state index in [1.807, 2.05) is 4.90 Å². The molecule has 6 heteroatoms. The zero-order valence-corrected chi connectivity index (χ0v) is 10.2. The van der Waals surface area contributed by atoms with Crippen LogP contribution in [0, 0.1) is 0 Å². The summed E-state index contributed by atoms with van der Waals surface area (Å²) in [4.78, 5) is 5.93. The van der Waals surface area contributed by atoms with Crippen LogP contribution >= 0.6 is 0 Å². The van der Waals surface area contributed by atoms with E-state index >= 15 is 0 Å². The SMILES string of the molecule is C=CCN1C(N)=NCC1c1ccc(C(F)(F)F)cc1. The van der Waals surface area contributed by atoms with Gasteiger partial charge >= 0.3 is 6.18 Å². The Kier molecular flexibility index (Phi) is 3.50. The van der Waals surface area contributed by atoms with Crippen LogP contribution in [0.3, 0.4) is 0 Å². The van der Waals surface area contributed by atoms with Crippen molar-refractivity contribution in [2.24, 2.45) is 10.7 Å². The summed E-state index contributed by atoms with van der Waals surface area (Å²) >= 11 is 0. The predicted molar refractivity (Wildman–Crippen MR) is 67.6 cm³/mol. The van der Waals surface area contributed by atoms with Gasteiger partial charge in [-0.25, -0.2) is 0 Å². The summed E-state index contributed by atoms with van der Waals surface area (Å²) in [6, 6.07) is 4.97. The van der Waals surface area contributed by atoms with Crippen LogP contribution in [0.1, 0.15) is 17.2 Å². The largest absolute Gasteiger partial charge is 0.416 e. The number of nitrogens with zero attached hydrogens (tertiary/aromatic N) is 2. The molecule has 1 unspecified atom stereocenters. The van der Waals surface area contributed by atoms with Crippen molar-refractivity contribution in [1.29, 1.82) is 0 Å². The second-order valence-electron chi connectivity index (χ2n) is 4.28. The first kappa shape index (κ1) is 13.5. The van der Waals surface area contributed by atoms with Gasteiger partial charge in [0.25, 0.3) is 0 Å². The molecule has 1 aromatic rings. The molecule has 0 fully saturated rings. The maximum absolute atomic E-state index is 12.5. The van der Waals surface area contributed by atoms with Crippen LogP contribution in [-0.4, -0.2) is 23.9 Å². The first-order chi connectivity index (χ1) is 8.93. The van der Waals surface area contributed by atoms with E-state index in [1.54, 1.807) is 6.08 Å². The minimum atomic E-state index is -4.31. The van der Waals surface area contributed by atoms with E-state index < -0.39 is 11.7 Å². The van der Waals surface area contributed by atoms with Crippen molar-refractivity contribution >= 4 is 5.96 Å². The van der Waals surface area contributed by atoms with Crippen molar-refractivity contribution < 1.29 is 13.2 Å². The average molecular weight is 269 g/mol. The number of alkyl halides is 3. The molecule has 0 aromatic heterocycles. The van der Waals surface area contributed by atoms with Gasteiger partial charge in [0.1, 0.15) is 0 Å². The minimum absolute atomic E-state index is 0.125. The van der Waals surface area contributed by atoms with Crippen LogP contribution in [0.2, 0.25) is 0 Å². The van der Waals surface area contributed by atoms with E-state index in [0.29, 0.717) is 19.0 Å². The summed E-state index contributed by atoms with van der Waals surface area (Å²) in [5, 5.41) is 0. The van der Waals surface area contributed by atoms with Gasteiger partial charge in [0.05, 0.1) is 18.2 Å². The number of hydrogen-bond acceptors (Lipinski definition) is 3. The zero-order valence-electron chi connectivity index (χ0n) is 10.2. The Hall–Kier alpha value is -1.98. The second kappa shape index (κ2) is 4.95. The first-order valence-corrected chi connectivity index (χ1v) is 5.78. The quantitative estimate of drug-likeness (QED) is 0.857. The first-order valence-electron chi connectivity index (χ1n) is 5.78. The highest BCUT2D eigenvalue weighted by molar-refractivity contribution is 5.80. The highest BCUT2D eigenvalue weighted by atomic mass is 19.4. The van der Waals surface area contributed by atoms with Gasteiger partial charge < -0.3 is 10.6 Å². The number of benzene rings is 1. The Labute approximate surface area is 109 Å². The maximum atomic E-state index is 12.5. The maximum Gasteiger partial charge on any atom is 0.416 e. The van der Waals surface area contributed by atoms with E-state index in [2.05, 4.69) is 11.6 Å². The van der Waals surface area contributed by atoms with E-state index in [4.69, 9.17) is 5.73 Å². The molecule has 3 nitrogen and oxygen atoms in total. The molecule has 2 rings (SSSR count). The molecule has 0 spiro atoms. The van der Waals surface area contributed by atoms with Crippen LogP contribution < -0.4 is 5.73 Å². The van der Waals surface area contributed by atoms with E-state index in [1.165, 1.54) is 12.1 Å². The highest BCUT2D eigenvalue weighted by Crippen LogP contribution is 2.31. The smallest absolute Gasteiger partial charge is 0.370 e. The normalized spacial score (nSPS) is 19.4. The Balaban J connectivity index is 2.21. The summed E-state index contributed by atoms with van der Waals surface area (Å²) in [6.07, 6.45) is -2.63. The summed E-state index contributed by atoms with van der Waals surface area (Å²) in [5.74, 6) is 0.393. The summed E-state index contributed by atoms with van der Waals surface area (Å²) in [5.41, 5.74) is 5.85. The fraction of sp³-hybridized carbons (Fsp3) is 0.308. The lowest BCUT2D eigenvalue weighted by molar-refractivity contribution is -0.137. The van der Waals surface area contributed by atoms with Crippen LogP contribution in [0.5, 0.6) is 0 Å². The molecule has 0 saturated heterocycles. The summed E-state index contributed by atoms with van der Waals surface area (Å²) in [7, 11) is 0. The molecule has 0 bridgehead atoms. The topological polar surface area (TPSA) is 41.6 Å². The lowest BCUT2D eigenvalue weighted by Gasteiger charge is -2.25. The van der Waals surface area contributed by atoms with Gasteiger partial charge in [0.2, 0.25) is 0 Å². The number of rotatable bonds is 3. The Morgan fingerprint density at radius 2 is 2.00 bits per heavy atom. The second-order valence-corrected chi connectivity index (χ2v) is 4.28.